The van der Waals surface area contributed by atoms with E-state index in [4.69, 9.17) is 32.8 Å². The third kappa shape index (κ3) is 6.06. The molecule has 3 aliphatic rings. The minimum atomic E-state index is -2.29. The number of methoxy groups -OCH3 is 2. The summed E-state index contributed by atoms with van der Waals surface area (Å²) in [7, 11) is 0.866. The quantitative estimate of drug-likeness (QED) is 0.204. The summed E-state index contributed by atoms with van der Waals surface area (Å²) in [6, 6.07) is 12.5. The number of ether oxygens (including phenoxy) is 6. The second-order valence-corrected chi connectivity index (χ2v) is 18.3. The number of benzene rings is 3. The Bertz CT molecular complexity index is 1660. The van der Waals surface area contributed by atoms with Gasteiger partial charge in [-0.2, -0.15) is 0 Å². The first-order chi connectivity index (χ1) is 22.3. The molecule has 0 bridgehead atoms. The Labute approximate surface area is 274 Å². The molecule has 4 atom stereocenters. The van der Waals surface area contributed by atoms with E-state index in [-0.39, 0.29) is 36.8 Å². The molecule has 1 amide bonds. The number of carbonyl (C=O) groups excluding carboxylic acids is 2. The van der Waals surface area contributed by atoms with E-state index in [1.807, 2.05) is 24.3 Å². The second-order valence-electron chi connectivity index (χ2n) is 13.6. The molecule has 1 saturated heterocycles. The molecule has 3 aromatic carbocycles. The molecule has 2 heterocycles. The Morgan fingerprint density at radius 3 is 2.17 bits per heavy atom. The number of carbonyl (C=O) groups is 2. The molecule has 2 aliphatic heterocycles. The molecular formula is C35H40FNO9Si. The highest BCUT2D eigenvalue weighted by Gasteiger charge is 2.53. The molecule has 47 heavy (non-hydrogen) atoms. The summed E-state index contributed by atoms with van der Waals surface area (Å²) in [5.41, 5.74) is 2.90. The summed E-state index contributed by atoms with van der Waals surface area (Å²) < 4.78 is 54.5. The van der Waals surface area contributed by atoms with Crippen LogP contribution in [-0.4, -0.2) is 48.0 Å². The first-order valence-electron chi connectivity index (χ1n) is 15.5. The summed E-state index contributed by atoms with van der Waals surface area (Å²) in [4.78, 5) is 26.7. The van der Waals surface area contributed by atoms with E-state index < -0.39 is 38.2 Å². The van der Waals surface area contributed by atoms with Crippen molar-refractivity contribution >= 4 is 20.4 Å². The number of halogens is 1. The molecule has 0 saturated carbocycles. The molecular weight excluding hydrogens is 625 g/mol. The fourth-order valence-corrected chi connectivity index (χ4v) is 7.25. The lowest BCUT2D eigenvalue weighted by Crippen LogP contribution is -2.44. The first kappa shape index (κ1) is 32.5. The third-order valence-electron chi connectivity index (χ3n) is 9.75. The molecule has 1 aliphatic carbocycles. The highest BCUT2D eigenvalue weighted by molar-refractivity contribution is 6.74. The minimum absolute atomic E-state index is 0.0523. The van der Waals surface area contributed by atoms with Crippen LogP contribution < -0.4 is 28.7 Å². The SMILES string of the molecule is COc1cc([C@@H]2c3cc4c(cc3[C@@H](NC(=O)OCc3ccc(F)cc3)[C@H]3COC(=O)[C@H]23)OCO4)cc(OC)c1O[Si](C)(C)C(C)(C)C. The lowest BCUT2D eigenvalue weighted by atomic mass is 9.65. The Morgan fingerprint density at radius 1 is 0.957 bits per heavy atom. The zero-order chi connectivity index (χ0) is 33.7. The predicted molar refractivity (Wildman–Crippen MR) is 172 cm³/mol. The van der Waals surface area contributed by atoms with Crippen LogP contribution in [0.15, 0.2) is 48.5 Å². The Kier molecular flexibility index (Phi) is 8.50. The highest BCUT2D eigenvalue weighted by Crippen LogP contribution is 2.56. The second kappa shape index (κ2) is 12.3. The average Bonchev–Trinajstić information content (AvgIpc) is 3.65. The molecule has 250 valence electrons. The monoisotopic (exact) mass is 665 g/mol. The molecule has 0 spiro atoms. The fraction of sp³-hybridized carbons (Fsp3) is 0.429. The zero-order valence-electron chi connectivity index (χ0n) is 27.6. The Balaban J connectivity index is 1.41. The summed E-state index contributed by atoms with van der Waals surface area (Å²) in [6.07, 6.45) is -0.685. The number of nitrogens with one attached hydrogen (secondary N) is 1. The van der Waals surface area contributed by atoms with Crippen molar-refractivity contribution in [1.29, 1.82) is 0 Å². The Morgan fingerprint density at radius 2 is 1.57 bits per heavy atom. The number of hydrogen-bond acceptors (Lipinski definition) is 9. The van der Waals surface area contributed by atoms with Gasteiger partial charge in [0.15, 0.2) is 28.7 Å². The average molecular weight is 666 g/mol. The van der Waals surface area contributed by atoms with Crippen molar-refractivity contribution in [2.45, 2.75) is 57.5 Å². The van der Waals surface area contributed by atoms with Gasteiger partial charge in [-0.05, 0) is 76.8 Å². The maximum Gasteiger partial charge on any atom is 0.407 e. The lowest BCUT2D eigenvalue weighted by Gasteiger charge is -2.40. The smallest absolute Gasteiger partial charge is 0.407 e. The number of hydrogen-bond donors (Lipinski definition) is 1. The van der Waals surface area contributed by atoms with E-state index in [0.717, 1.165) is 16.7 Å². The van der Waals surface area contributed by atoms with Crippen LogP contribution >= 0.6 is 0 Å². The van der Waals surface area contributed by atoms with Crippen LogP contribution in [-0.2, 0) is 20.9 Å². The first-order valence-corrected chi connectivity index (χ1v) is 18.4. The predicted octanol–water partition coefficient (Wildman–Crippen LogP) is 6.86. The van der Waals surface area contributed by atoms with Gasteiger partial charge in [0.05, 0.1) is 32.8 Å². The number of rotatable bonds is 8. The van der Waals surface area contributed by atoms with Gasteiger partial charge >= 0.3 is 12.1 Å². The number of fused-ring (bicyclic) bond motifs is 3. The normalized spacial score (nSPS) is 21.3. The molecule has 0 aromatic heterocycles. The van der Waals surface area contributed by atoms with Crippen LogP contribution in [0.2, 0.25) is 18.1 Å². The van der Waals surface area contributed by atoms with Crippen molar-refractivity contribution in [2.24, 2.45) is 11.8 Å². The van der Waals surface area contributed by atoms with Gasteiger partial charge in [-0.3, -0.25) is 4.79 Å². The van der Waals surface area contributed by atoms with Crippen LogP contribution in [0.4, 0.5) is 9.18 Å². The topological polar surface area (TPSA) is 111 Å². The van der Waals surface area contributed by atoms with E-state index in [1.54, 1.807) is 26.4 Å². The standard InChI is InChI=1S/C35H40FNO9Si/c1-35(2,3)47(6,7)46-32-27(40-4)12-20(13-28(32)41-5)29-22-14-25-26(45-18-44-25)15-23(22)31(24-17-42-33(38)30(24)29)37-34(39)43-16-19-8-10-21(36)11-9-19/h8-15,24,29-31H,16-18H2,1-7H3,(H,37,39)/t24-,29+,30-,31+/m0/s1. The molecule has 6 rings (SSSR count). The summed E-state index contributed by atoms with van der Waals surface area (Å²) in [6.45, 7) is 10.9. The van der Waals surface area contributed by atoms with Gasteiger partial charge in [-0.15, -0.1) is 0 Å². The van der Waals surface area contributed by atoms with Crippen LogP contribution in [0.3, 0.4) is 0 Å². The van der Waals surface area contributed by atoms with Crippen LogP contribution in [0.1, 0.15) is 55.0 Å². The van der Waals surface area contributed by atoms with Gasteiger partial charge in [-0.25, -0.2) is 9.18 Å². The van der Waals surface area contributed by atoms with E-state index in [2.05, 4.69) is 39.2 Å². The van der Waals surface area contributed by atoms with Crippen molar-refractivity contribution in [1.82, 2.24) is 5.32 Å². The number of cyclic esters (lactones) is 1. The number of esters is 1. The van der Waals surface area contributed by atoms with Crippen molar-refractivity contribution in [3.05, 3.63) is 76.6 Å². The van der Waals surface area contributed by atoms with Gasteiger partial charge < -0.3 is 38.2 Å². The van der Waals surface area contributed by atoms with Crippen LogP contribution in [0.25, 0.3) is 0 Å². The Hall–Kier alpha value is -4.45. The van der Waals surface area contributed by atoms with Crippen molar-refractivity contribution < 1.29 is 46.8 Å². The summed E-state index contributed by atoms with van der Waals surface area (Å²) in [5.74, 6) is 0.200. The van der Waals surface area contributed by atoms with Crippen molar-refractivity contribution in [3.8, 4) is 28.7 Å². The summed E-state index contributed by atoms with van der Waals surface area (Å²) >= 11 is 0. The van der Waals surface area contributed by atoms with Crippen molar-refractivity contribution in [2.75, 3.05) is 27.6 Å². The largest absolute Gasteiger partial charge is 0.539 e. The molecule has 3 aromatic rings. The third-order valence-corrected chi connectivity index (χ3v) is 14.1. The molecule has 1 fully saturated rings. The van der Waals surface area contributed by atoms with E-state index in [1.165, 1.54) is 12.1 Å². The lowest BCUT2D eigenvalue weighted by molar-refractivity contribution is -0.141. The molecule has 10 nitrogen and oxygen atoms in total. The molecule has 12 heteroatoms. The molecule has 1 N–H and O–H groups in total. The van der Waals surface area contributed by atoms with Crippen LogP contribution in [0.5, 0.6) is 28.7 Å². The maximum atomic E-state index is 13.5. The van der Waals surface area contributed by atoms with Gasteiger partial charge in [0.2, 0.25) is 6.79 Å². The summed E-state index contributed by atoms with van der Waals surface area (Å²) in [5, 5.41) is 2.90. The number of amides is 1. The van der Waals surface area contributed by atoms with Crippen molar-refractivity contribution in [3.63, 3.8) is 0 Å². The van der Waals surface area contributed by atoms with Crippen LogP contribution in [0, 0.1) is 17.7 Å². The van der Waals surface area contributed by atoms with E-state index >= 15 is 0 Å². The zero-order valence-corrected chi connectivity index (χ0v) is 28.6. The van der Waals surface area contributed by atoms with Gasteiger partial charge in [0, 0.05) is 11.8 Å². The molecule has 0 radical (unpaired) electrons. The van der Waals surface area contributed by atoms with E-state index in [9.17, 15) is 14.0 Å². The highest BCUT2D eigenvalue weighted by atomic mass is 28.4. The van der Waals surface area contributed by atoms with E-state index in [0.29, 0.717) is 34.3 Å². The molecule has 0 unspecified atom stereocenters. The number of alkyl carbamates (subject to hydrolysis) is 1. The van der Waals surface area contributed by atoms with Gasteiger partial charge in [0.25, 0.3) is 8.32 Å². The van der Waals surface area contributed by atoms with Gasteiger partial charge in [-0.1, -0.05) is 32.9 Å². The van der Waals surface area contributed by atoms with Gasteiger partial charge in [0.1, 0.15) is 12.4 Å². The fourth-order valence-electron chi connectivity index (χ4n) is 6.23. The minimum Gasteiger partial charge on any atom is -0.539 e. The maximum absolute atomic E-state index is 13.5.